The Labute approximate surface area is 171 Å². The number of nitrogens with zero attached hydrogens (tertiary/aromatic N) is 2. The number of nitrogens with one attached hydrogen (secondary N) is 2. The van der Waals surface area contributed by atoms with Crippen LogP contribution < -0.4 is 10.6 Å². The highest BCUT2D eigenvalue weighted by atomic mass is 127. The van der Waals surface area contributed by atoms with E-state index in [0.717, 1.165) is 28.9 Å². The maximum atomic E-state index is 12.6. The first-order valence-corrected chi connectivity index (χ1v) is 8.85. The van der Waals surface area contributed by atoms with Crippen molar-refractivity contribution < 1.29 is 17.6 Å². The minimum Gasteiger partial charge on any atom is -0.469 e. The van der Waals surface area contributed by atoms with Crippen LogP contribution in [0, 0.1) is 0 Å². The van der Waals surface area contributed by atoms with E-state index < -0.39 is 11.9 Å². The number of aliphatic imine (C=N–C) groups is 1. The van der Waals surface area contributed by atoms with E-state index in [1.54, 1.807) is 6.26 Å². The molecule has 10 heteroatoms. The van der Waals surface area contributed by atoms with Gasteiger partial charge in [-0.25, -0.2) is 9.98 Å². The van der Waals surface area contributed by atoms with Crippen LogP contribution in [0.1, 0.15) is 36.7 Å². The van der Waals surface area contributed by atoms with E-state index in [9.17, 15) is 13.2 Å². The molecule has 0 radical (unpaired) electrons. The molecule has 2 aromatic heterocycles. The van der Waals surface area contributed by atoms with Crippen LogP contribution in [-0.2, 0) is 19.1 Å². The quantitative estimate of drug-likeness (QED) is 0.334. The van der Waals surface area contributed by atoms with E-state index in [2.05, 4.69) is 20.6 Å². The summed E-state index contributed by atoms with van der Waals surface area (Å²) in [7, 11) is 0. The summed E-state index contributed by atoms with van der Waals surface area (Å²) in [5.41, 5.74) is -0.870. The van der Waals surface area contributed by atoms with Gasteiger partial charge in [0.15, 0.2) is 11.7 Å². The second kappa shape index (κ2) is 10.8. The van der Waals surface area contributed by atoms with Gasteiger partial charge >= 0.3 is 6.18 Å². The van der Waals surface area contributed by atoms with Crippen molar-refractivity contribution in [1.82, 2.24) is 15.6 Å². The van der Waals surface area contributed by atoms with Crippen LogP contribution in [0.2, 0.25) is 0 Å². The molecule has 0 amide bonds. The molecule has 26 heavy (non-hydrogen) atoms. The second-order valence-corrected chi connectivity index (χ2v) is 6.44. The second-order valence-electron chi connectivity index (χ2n) is 5.50. The largest absolute Gasteiger partial charge is 0.469 e. The Balaban J connectivity index is 0.00000338. The van der Waals surface area contributed by atoms with Crippen LogP contribution in [0.25, 0.3) is 0 Å². The summed E-state index contributed by atoms with van der Waals surface area (Å²) in [5.74, 6) is 1.40. The van der Waals surface area contributed by atoms with Gasteiger partial charge in [0.2, 0.25) is 0 Å². The number of halogens is 4. The maximum absolute atomic E-state index is 12.6. The van der Waals surface area contributed by atoms with E-state index >= 15 is 0 Å². The minimum absolute atomic E-state index is 0. The number of thiazole rings is 1. The monoisotopic (exact) mass is 502 g/mol. The van der Waals surface area contributed by atoms with Gasteiger partial charge in [-0.15, -0.1) is 35.3 Å². The molecule has 0 aliphatic carbocycles. The zero-order valence-corrected chi connectivity index (χ0v) is 17.6. The summed E-state index contributed by atoms with van der Waals surface area (Å²) in [6.07, 6.45) is -1.22. The molecule has 5 nitrogen and oxygen atoms in total. The van der Waals surface area contributed by atoms with Crippen LogP contribution in [0.3, 0.4) is 0 Å². The lowest BCUT2D eigenvalue weighted by Gasteiger charge is -2.16. The van der Waals surface area contributed by atoms with Crippen LogP contribution in [0.4, 0.5) is 13.2 Å². The third-order valence-corrected chi connectivity index (χ3v) is 4.29. The fourth-order valence-corrected chi connectivity index (χ4v) is 2.63. The molecule has 0 aromatic carbocycles. The van der Waals surface area contributed by atoms with Crippen molar-refractivity contribution in [3.05, 3.63) is 40.2 Å². The molecular formula is C16H22F3IN4OS. The molecular weight excluding hydrogens is 480 g/mol. The summed E-state index contributed by atoms with van der Waals surface area (Å²) < 4.78 is 43.0. The summed E-state index contributed by atoms with van der Waals surface area (Å²) in [6, 6.07) is 3.90. The number of alkyl halides is 3. The highest BCUT2D eigenvalue weighted by Gasteiger charge is 2.33. The Bertz CT molecular complexity index is 673. The first-order chi connectivity index (χ1) is 11.9. The highest BCUT2D eigenvalue weighted by molar-refractivity contribution is 14.0. The molecule has 0 aliphatic rings. The third kappa shape index (κ3) is 7.52. The van der Waals surface area contributed by atoms with E-state index in [-0.39, 0.29) is 36.6 Å². The van der Waals surface area contributed by atoms with Gasteiger partial charge < -0.3 is 15.1 Å². The van der Waals surface area contributed by atoms with Gasteiger partial charge in [0, 0.05) is 24.4 Å². The van der Waals surface area contributed by atoms with E-state index in [1.807, 2.05) is 26.0 Å². The van der Waals surface area contributed by atoms with Crippen LogP contribution in [0.15, 0.2) is 33.2 Å². The smallest absolute Gasteiger partial charge is 0.434 e. The average molecular weight is 502 g/mol. The van der Waals surface area contributed by atoms with Gasteiger partial charge in [0.25, 0.3) is 0 Å². The SMILES string of the molecule is CCC(C)NC(=NCc1nc(C(F)(F)F)cs1)NCCc1ccco1.I. The molecule has 0 bridgehead atoms. The van der Waals surface area contributed by atoms with E-state index in [0.29, 0.717) is 23.9 Å². The molecule has 0 spiro atoms. The van der Waals surface area contributed by atoms with Crippen molar-refractivity contribution in [2.45, 2.75) is 45.5 Å². The number of hydrogen-bond acceptors (Lipinski definition) is 4. The van der Waals surface area contributed by atoms with Gasteiger partial charge in [-0.2, -0.15) is 13.2 Å². The van der Waals surface area contributed by atoms with Crippen LogP contribution >= 0.6 is 35.3 Å². The Morgan fingerprint density at radius 3 is 2.77 bits per heavy atom. The zero-order chi connectivity index (χ0) is 18.3. The normalized spacial score (nSPS) is 13.2. The number of furan rings is 1. The molecule has 1 unspecified atom stereocenters. The lowest BCUT2D eigenvalue weighted by atomic mass is 10.3. The Morgan fingerprint density at radius 2 is 2.19 bits per heavy atom. The lowest BCUT2D eigenvalue weighted by Crippen LogP contribution is -2.42. The Kier molecular flexibility index (Phi) is 9.41. The molecule has 1 atom stereocenters. The fraction of sp³-hybridized carbons (Fsp3) is 0.500. The van der Waals surface area contributed by atoms with Crippen molar-refractivity contribution in [2.75, 3.05) is 6.54 Å². The van der Waals surface area contributed by atoms with Gasteiger partial charge in [0.1, 0.15) is 10.8 Å². The molecule has 2 N–H and O–H groups in total. The number of guanidine groups is 1. The van der Waals surface area contributed by atoms with Gasteiger partial charge in [-0.3, -0.25) is 0 Å². The molecule has 2 aromatic rings. The number of hydrogen-bond donors (Lipinski definition) is 2. The van der Waals surface area contributed by atoms with Gasteiger partial charge in [-0.05, 0) is 25.5 Å². The van der Waals surface area contributed by atoms with Crippen molar-refractivity contribution in [3.8, 4) is 0 Å². The zero-order valence-electron chi connectivity index (χ0n) is 14.5. The molecule has 146 valence electrons. The fourth-order valence-electron chi connectivity index (χ4n) is 1.91. The topological polar surface area (TPSA) is 62.5 Å². The summed E-state index contributed by atoms with van der Waals surface area (Å²) in [5, 5.41) is 7.71. The van der Waals surface area contributed by atoms with Gasteiger partial charge in [0.05, 0.1) is 12.8 Å². The standard InChI is InChI=1S/C16H21F3N4OS.HI/c1-3-11(2)22-15(20-7-6-12-5-4-8-24-12)21-9-14-23-13(10-25-14)16(17,18)19;/h4-5,8,10-11H,3,6-7,9H2,1-2H3,(H2,20,21,22);1H. The van der Waals surface area contributed by atoms with Crippen LogP contribution in [-0.4, -0.2) is 23.5 Å². The molecule has 2 heterocycles. The Morgan fingerprint density at radius 1 is 1.42 bits per heavy atom. The predicted octanol–water partition coefficient (Wildman–Crippen LogP) is 4.45. The third-order valence-electron chi connectivity index (χ3n) is 3.45. The van der Waals surface area contributed by atoms with Crippen LogP contribution in [0.5, 0.6) is 0 Å². The molecule has 0 saturated heterocycles. The summed E-state index contributed by atoms with van der Waals surface area (Å²) in [4.78, 5) is 7.93. The van der Waals surface area contributed by atoms with Crippen molar-refractivity contribution in [3.63, 3.8) is 0 Å². The first kappa shape index (κ1) is 22.7. The summed E-state index contributed by atoms with van der Waals surface area (Å²) in [6.45, 7) is 4.73. The number of aromatic nitrogens is 1. The van der Waals surface area contributed by atoms with Crippen molar-refractivity contribution in [1.29, 1.82) is 0 Å². The number of rotatable bonds is 7. The van der Waals surface area contributed by atoms with E-state index in [4.69, 9.17) is 4.42 Å². The molecule has 0 saturated carbocycles. The van der Waals surface area contributed by atoms with E-state index in [1.165, 1.54) is 0 Å². The predicted molar refractivity (Wildman–Crippen MR) is 107 cm³/mol. The lowest BCUT2D eigenvalue weighted by molar-refractivity contribution is -0.140. The van der Waals surface area contributed by atoms with Crippen molar-refractivity contribution >= 4 is 41.3 Å². The Hall–Kier alpha value is -1.30. The molecule has 0 aliphatic heterocycles. The minimum atomic E-state index is -4.42. The summed E-state index contributed by atoms with van der Waals surface area (Å²) >= 11 is 0.956. The van der Waals surface area contributed by atoms with Crippen molar-refractivity contribution in [2.24, 2.45) is 4.99 Å². The molecule has 2 rings (SSSR count). The highest BCUT2D eigenvalue weighted by Crippen LogP contribution is 2.30. The maximum Gasteiger partial charge on any atom is 0.434 e. The average Bonchev–Trinajstić information content (AvgIpc) is 3.23. The molecule has 0 fully saturated rings. The van der Waals surface area contributed by atoms with Gasteiger partial charge in [-0.1, -0.05) is 6.92 Å². The first-order valence-electron chi connectivity index (χ1n) is 7.97.